The van der Waals surface area contributed by atoms with Gasteiger partial charge in [-0.2, -0.15) is 0 Å². The van der Waals surface area contributed by atoms with Crippen LogP contribution in [0.25, 0.3) is 0 Å². The largest absolute Gasteiger partial charge is 1.00 e. The van der Waals surface area contributed by atoms with Gasteiger partial charge in [-0.15, -0.1) is 0 Å². The fraction of sp³-hybridized carbons (Fsp3) is 0. The quantitative estimate of drug-likeness (QED) is 0.403. The summed E-state index contributed by atoms with van der Waals surface area (Å²) in [6, 6.07) is 8.71. The molecule has 1 aromatic rings. The molecule has 0 amide bonds. The van der Waals surface area contributed by atoms with Gasteiger partial charge in [0.2, 0.25) is 0 Å². The van der Waals surface area contributed by atoms with E-state index in [2.05, 4.69) is 0 Å². The molecule has 0 saturated carbocycles. The first kappa shape index (κ1) is 23.7. The molecule has 0 unspecified atom stereocenters. The van der Waals surface area contributed by atoms with Gasteiger partial charge < -0.3 is 10.8 Å². The van der Waals surface area contributed by atoms with Crippen LogP contribution in [-0.4, -0.2) is 5.11 Å². The van der Waals surface area contributed by atoms with E-state index in [-0.39, 0.29) is 124 Å². The maximum absolute atomic E-state index is 8.63. The molecule has 1 nitrogen and oxygen atoms in total. The van der Waals surface area contributed by atoms with Crippen molar-refractivity contribution < 1.29 is 129 Å². The second-order valence-corrected chi connectivity index (χ2v) is 1.34. The Balaban J connectivity index is -0.0000000102. The first-order valence-electron chi connectivity index (χ1n) is 2.13. The molecule has 0 aliphatic heterocycles. The number of phenolic OH excluding ortho intramolecular Hbond substituents is 1. The Hall–Kier alpha value is 3.02. The summed E-state index contributed by atoms with van der Waals surface area (Å²) in [5, 5.41) is 8.63. The average Bonchev–Trinajstić information content (AvgIpc) is 1.69. The van der Waals surface area contributed by atoms with E-state index in [0.717, 1.165) is 0 Å². The minimum Gasteiger partial charge on any atom is -1.00 e. The molecule has 11 heavy (non-hydrogen) atoms. The number of aromatic hydroxyl groups is 1. The van der Waals surface area contributed by atoms with E-state index in [1.807, 2.05) is 6.07 Å². The summed E-state index contributed by atoms with van der Waals surface area (Å²) >= 11 is 0. The monoisotopic (exact) mass is 190 g/mol. The standard InChI is InChI=1S/C6H6O.4Na.4H/c7-6-4-2-1-3-5-6;;;;;;;;/h1-5,7H;;;;;;;;/q;4*+1;4*-1. The molecular weight excluding hydrogens is 180 g/mol. The number of rotatable bonds is 0. The minimum atomic E-state index is 0. The number of phenols is 1. The summed E-state index contributed by atoms with van der Waals surface area (Å²) in [6.45, 7) is 0. The van der Waals surface area contributed by atoms with Crippen molar-refractivity contribution in [1.82, 2.24) is 0 Å². The van der Waals surface area contributed by atoms with Gasteiger partial charge in [-0.1, -0.05) is 18.2 Å². The Kier molecular flexibility index (Phi) is 33.3. The van der Waals surface area contributed by atoms with E-state index in [0.29, 0.717) is 5.75 Å². The third kappa shape index (κ3) is 13.0. The molecule has 0 fully saturated rings. The molecule has 0 heterocycles. The molecule has 44 valence electrons. The van der Waals surface area contributed by atoms with Crippen molar-refractivity contribution in [3.05, 3.63) is 30.3 Å². The molecule has 0 aromatic heterocycles. The van der Waals surface area contributed by atoms with E-state index in [1.165, 1.54) is 0 Å². The first-order valence-corrected chi connectivity index (χ1v) is 2.13. The Morgan fingerprint density at radius 1 is 0.818 bits per heavy atom. The van der Waals surface area contributed by atoms with Gasteiger partial charge in [-0.05, 0) is 12.1 Å². The molecule has 0 radical (unpaired) electrons. The zero-order valence-corrected chi connectivity index (χ0v) is 15.8. The normalized spacial score (nSPS) is 5.45. The van der Waals surface area contributed by atoms with Gasteiger partial charge in [0.25, 0.3) is 0 Å². The van der Waals surface area contributed by atoms with Crippen molar-refractivity contribution in [3.63, 3.8) is 0 Å². The van der Waals surface area contributed by atoms with Gasteiger partial charge in [-0.25, -0.2) is 0 Å². The molecule has 5 heteroatoms. The van der Waals surface area contributed by atoms with Crippen molar-refractivity contribution in [2.75, 3.05) is 0 Å². The van der Waals surface area contributed by atoms with Crippen LogP contribution in [0.15, 0.2) is 30.3 Å². The van der Waals surface area contributed by atoms with Crippen LogP contribution in [0.5, 0.6) is 5.75 Å². The summed E-state index contributed by atoms with van der Waals surface area (Å²) in [5.41, 5.74) is 0. The maximum atomic E-state index is 8.63. The fourth-order valence-corrected chi connectivity index (χ4v) is 0.428. The van der Waals surface area contributed by atoms with Crippen LogP contribution in [-0.2, 0) is 0 Å². The Labute approximate surface area is 162 Å². The topological polar surface area (TPSA) is 20.2 Å². The van der Waals surface area contributed by atoms with Gasteiger partial charge in [0, 0.05) is 0 Å². The molecule has 1 N–H and O–H groups in total. The van der Waals surface area contributed by atoms with Crippen LogP contribution in [0.3, 0.4) is 0 Å². The molecule has 0 spiro atoms. The van der Waals surface area contributed by atoms with Crippen molar-refractivity contribution in [1.29, 1.82) is 0 Å². The molecule has 0 aliphatic carbocycles. The number of hydrogen-bond acceptors (Lipinski definition) is 1. The average molecular weight is 190 g/mol. The van der Waals surface area contributed by atoms with Crippen LogP contribution >= 0.6 is 0 Å². The van der Waals surface area contributed by atoms with E-state index < -0.39 is 0 Å². The Morgan fingerprint density at radius 3 is 1.36 bits per heavy atom. The predicted molar refractivity (Wildman–Crippen MR) is 32.6 cm³/mol. The predicted octanol–water partition coefficient (Wildman–Crippen LogP) is -10.1. The van der Waals surface area contributed by atoms with Crippen LogP contribution in [0.2, 0.25) is 0 Å². The second kappa shape index (κ2) is 15.5. The smallest absolute Gasteiger partial charge is 1.00 e. The zero-order chi connectivity index (χ0) is 5.11. The van der Waals surface area contributed by atoms with Crippen molar-refractivity contribution >= 4 is 0 Å². The molecule has 0 bridgehead atoms. The van der Waals surface area contributed by atoms with Crippen molar-refractivity contribution in [2.24, 2.45) is 0 Å². The first-order chi connectivity index (χ1) is 3.39. The van der Waals surface area contributed by atoms with Crippen LogP contribution in [0.4, 0.5) is 0 Å². The van der Waals surface area contributed by atoms with Crippen LogP contribution in [0, 0.1) is 0 Å². The molecular formula is C6H10Na4O. The second-order valence-electron chi connectivity index (χ2n) is 1.34. The SMILES string of the molecule is Oc1ccccc1.[H-].[H-].[H-].[H-].[Na+].[Na+].[Na+].[Na+]. The number of hydrogen-bond donors (Lipinski definition) is 1. The summed E-state index contributed by atoms with van der Waals surface area (Å²) in [6.07, 6.45) is 0. The van der Waals surface area contributed by atoms with Gasteiger partial charge >= 0.3 is 118 Å². The van der Waals surface area contributed by atoms with E-state index in [4.69, 9.17) is 5.11 Å². The third-order valence-electron chi connectivity index (χ3n) is 0.756. The maximum Gasteiger partial charge on any atom is 1.00 e. The van der Waals surface area contributed by atoms with E-state index >= 15 is 0 Å². The molecule has 0 saturated heterocycles. The van der Waals surface area contributed by atoms with Crippen LogP contribution < -0.4 is 118 Å². The van der Waals surface area contributed by atoms with Gasteiger partial charge in [0.1, 0.15) is 5.75 Å². The van der Waals surface area contributed by atoms with Gasteiger partial charge in [-0.3, -0.25) is 0 Å². The summed E-state index contributed by atoms with van der Waals surface area (Å²) < 4.78 is 0. The minimum absolute atomic E-state index is 0. The van der Waals surface area contributed by atoms with Gasteiger partial charge in [0.05, 0.1) is 0 Å². The fourth-order valence-electron chi connectivity index (χ4n) is 0.428. The Morgan fingerprint density at radius 2 is 1.18 bits per heavy atom. The molecule has 0 atom stereocenters. The molecule has 1 rings (SSSR count). The number of para-hydroxylation sites is 1. The molecule has 0 aliphatic rings. The van der Waals surface area contributed by atoms with Gasteiger partial charge in [0.15, 0.2) is 0 Å². The zero-order valence-electron chi connectivity index (χ0n) is 11.8. The number of benzene rings is 1. The summed E-state index contributed by atoms with van der Waals surface area (Å²) in [4.78, 5) is 0. The third-order valence-corrected chi connectivity index (χ3v) is 0.756. The van der Waals surface area contributed by atoms with E-state index in [9.17, 15) is 0 Å². The Bertz CT molecular complexity index is 157. The summed E-state index contributed by atoms with van der Waals surface area (Å²) in [7, 11) is 0. The van der Waals surface area contributed by atoms with Crippen molar-refractivity contribution in [3.8, 4) is 5.75 Å². The molecule has 1 aromatic carbocycles. The summed E-state index contributed by atoms with van der Waals surface area (Å²) in [5.74, 6) is 0.322. The van der Waals surface area contributed by atoms with Crippen molar-refractivity contribution in [2.45, 2.75) is 0 Å². The van der Waals surface area contributed by atoms with E-state index in [1.54, 1.807) is 24.3 Å². The van der Waals surface area contributed by atoms with Crippen LogP contribution in [0.1, 0.15) is 5.71 Å².